The van der Waals surface area contributed by atoms with Crippen LogP contribution in [0, 0.1) is 5.41 Å². The number of benzene rings is 2. The molecule has 3 aromatic rings. The molecule has 1 saturated carbocycles. The summed E-state index contributed by atoms with van der Waals surface area (Å²) in [6.07, 6.45) is 3.64. The van der Waals surface area contributed by atoms with E-state index in [0.29, 0.717) is 322 Å². The number of amides is 4. The lowest BCUT2D eigenvalue weighted by Crippen LogP contribution is -2.51. The van der Waals surface area contributed by atoms with Gasteiger partial charge in [0.25, 0.3) is 21.9 Å². The summed E-state index contributed by atoms with van der Waals surface area (Å²) in [6, 6.07) is 11.2. The van der Waals surface area contributed by atoms with Crippen molar-refractivity contribution in [2.75, 3.05) is 336 Å². The lowest BCUT2D eigenvalue weighted by Gasteiger charge is -2.31. The summed E-state index contributed by atoms with van der Waals surface area (Å²) in [7, 11) is -4.94. The Morgan fingerprint density at radius 1 is 0.431 bits per heavy atom. The van der Waals surface area contributed by atoms with Crippen molar-refractivity contribution in [2.24, 2.45) is 5.41 Å². The molecular formula is C85H139Cl2N5O37S. The molecule has 0 saturated heterocycles. The summed E-state index contributed by atoms with van der Waals surface area (Å²) < 4.78 is 169. The summed E-state index contributed by atoms with van der Waals surface area (Å²) in [5.74, 6) is -6.71. The van der Waals surface area contributed by atoms with Crippen molar-refractivity contribution in [3.8, 4) is 11.8 Å². The molecule has 2 aromatic carbocycles. The van der Waals surface area contributed by atoms with Crippen molar-refractivity contribution in [1.29, 1.82) is 0 Å². The first-order valence-corrected chi connectivity index (χ1v) is 45.9. The molecule has 1 fully saturated rings. The van der Waals surface area contributed by atoms with Crippen LogP contribution in [0.3, 0.4) is 0 Å². The van der Waals surface area contributed by atoms with Gasteiger partial charge in [0, 0.05) is 37.7 Å². The standard InChI is InChI=1S/C85H139Cl2N5O37S/c1-84(2,3)128-81(98)73(67-69-9-11-70(12-10-69)90-78(95)77-71(86)7-6-8-72(77)87)91-83(100)85(14-4-5-15-85)16-17-88-75(93)13-19-104-21-23-106-25-27-108-29-31-110-33-35-112-37-39-114-41-43-116-45-47-118-49-51-120-53-55-122-57-59-124-61-63-126-65-66-127-64-62-125-60-58-123-56-54-121-52-50-119-48-46-117-44-42-115-40-38-113-36-34-111-32-30-109-28-26-107-24-22-105-20-18-89-79(96)82(99)129-92-76(94)68-74(80(92)97)130(101,102)103/h6-12,68,73,94,97H,4-5,13-67H2,1-3H3,(H,88,93)(H,89,96)(H,90,95)(H,91,100)(H,101,102,103)/t73-/m0/s1. The van der Waals surface area contributed by atoms with Crippen LogP contribution in [-0.2, 0) is 159 Å². The van der Waals surface area contributed by atoms with Gasteiger partial charge in [-0.15, -0.1) is 4.73 Å². The van der Waals surface area contributed by atoms with Gasteiger partial charge in [-0.25, -0.2) is 9.59 Å². The maximum absolute atomic E-state index is 14.1. The third-order valence-corrected chi connectivity index (χ3v) is 19.4. The minimum atomic E-state index is -4.94. The molecule has 1 heterocycles. The first-order valence-electron chi connectivity index (χ1n) is 43.7. The van der Waals surface area contributed by atoms with Crippen molar-refractivity contribution < 1.29 is 175 Å². The molecule has 4 rings (SSSR count). The molecule has 4 amide bonds. The van der Waals surface area contributed by atoms with Gasteiger partial charge in [-0.3, -0.25) is 23.7 Å². The average molecular weight is 1930 g/mol. The summed E-state index contributed by atoms with van der Waals surface area (Å²) in [6.45, 7) is 24.8. The lowest BCUT2D eigenvalue weighted by atomic mass is 9.81. The molecule has 0 unspecified atom stereocenters. The highest BCUT2D eigenvalue weighted by atomic mass is 35.5. The Labute approximate surface area is 771 Å². The monoisotopic (exact) mass is 1920 g/mol. The number of nitrogens with one attached hydrogen (secondary N) is 4. The number of esters is 1. The quantitative estimate of drug-likeness (QED) is 0.0183. The number of hydrogen-bond acceptors (Lipinski definition) is 36. The molecular weight excluding hydrogens is 1790 g/mol. The van der Waals surface area contributed by atoms with Crippen LogP contribution in [0.15, 0.2) is 53.4 Å². The average Bonchev–Trinajstić information content (AvgIpc) is 1.65. The van der Waals surface area contributed by atoms with Crippen LogP contribution in [0.2, 0.25) is 10.0 Å². The second kappa shape index (κ2) is 75.9. The first-order chi connectivity index (χ1) is 63.1. The van der Waals surface area contributed by atoms with Gasteiger partial charge >= 0.3 is 17.8 Å². The summed E-state index contributed by atoms with van der Waals surface area (Å²) >= 11 is 12.5. The van der Waals surface area contributed by atoms with Crippen molar-refractivity contribution in [1.82, 2.24) is 20.7 Å². The Morgan fingerprint density at radius 2 is 0.738 bits per heavy atom. The van der Waals surface area contributed by atoms with E-state index in [9.17, 15) is 47.4 Å². The minimum absolute atomic E-state index is 0.00929. The molecule has 1 aromatic heterocycles. The van der Waals surface area contributed by atoms with Crippen molar-refractivity contribution in [2.45, 2.75) is 82.3 Å². The third-order valence-electron chi connectivity index (χ3n) is 17.9. The zero-order valence-electron chi connectivity index (χ0n) is 75.3. The fourth-order valence-electron chi connectivity index (χ4n) is 11.4. The molecule has 0 radical (unpaired) electrons. The Hall–Kier alpha value is -6.33. The van der Waals surface area contributed by atoms with E-state index in [4.69, 9.17) is 146 Å². The Kier molecular flexibility index (Phi) is 67.7. The molecule has 1 aliphatic carbocycles. The van der Waals surface area contributed by atoms with Crippen LogP contribution in [0.4, 0.5) is 5.69 Å². The van der Waals surface area contributed by atoms with Gasteiger partial charge in [0.05, 0.1) is 338 Å². The summed E-state index contributed by atoms with van der Waals surface area (Å²) in [5.41, 5.74) is -0.182. The van der Waals surface area contributed by atoms with Crippen LogP contribution in [0.1, 0.15) is 75.2 Å². The van der Waals surface area contributed by atoms with Gasteiger partial charge < -0.3 is 155 Å². The van der Waals surface area contributed by atoms with Gasteiger partial charge in [-0.05, 0) is 69.9 Å². The number of carbonyl (C=O) groups is 6. The second-order valence-electron chi connectivity index (χ2n) is 29.1. The van der Waals surface area contributed by atoms with Crippen molar-refractivity contribution in [3.05, 3.63) is 69.7 Å². The van der Waals surface area contributed by atoms with Gasteiger partial charge in [0.2, 0.25) is 17.7 Å². The van der Waals surface area contributed by atoms with E-state index in [1.807, 2.05) is 0 Å². The van der Waals surface area contributed by atoms with Gasteiger partial charge in [0.15, 0.2) is 4.90 Å². The van der Waals surface area contributed by atoms with Crippen LogP contribution < -0.4 is 26.1 Å². The zero-order valence-corrected chi connectivity index (χ0v) is 77.7. The third kappa shape index (κ3) is 59.4. The number of hydrogen-bond donors (Lipinski definition) is 7. The van der Waals surface area contributed by atoms with Gasteiger partial charge in [-0.2, -0.15) is 8.42 Å². The van der Waals surface area contributed by atoms with Crippen LogP contribution in [-0.4, -0.2) is 405 Å². The Bertz CT molecular complexity index is 3510. The number of carbonyl (C=O) groups excluding carboxylic acids is 6. The molecule has 42 nitrogen and oxygen atoms in total. The smallest absolute Gasteiger partial charge is 0.421 e. The SMILES string of the molecule is CC(C)(C)OC(=O)[C@H](Cc1ccc(NC(=O)c2c(Cl)cccc2Cl)cc1)NC(=O)C1(CCNC(=O)CCOCCOCCOCCOCCOCCOCCOCCOCCOCCOCCOCCOCCOCCOCCOCCOCCOCCOCCOCCOCCOCCOCCOCCOCCNC(=O)C(=O)On2c(O)cc(S(=O)(=O)O)c2O)CCCC1. The lowest BCUT2D eigenvalue weighted by molar-refractivity contribution is -0.159. The molecule has 1 atom stereocenters. The predicted octanol–water partition coefficient (Wildman–Crippen LogP) is 3.70. The highest BCUT2D eigenvalue weighted by Gasteiger charge is 2.43. The van der Waals surface area contributed by atoms with E-state index in [2.05, 4.69) is 26.1 Å². The number of nitrogens with zero attached hydrogens (tertiary/aromatic N) is 1. The molecule has 0 aliphatic heterocycles. The molecule has 1 aliphatic rings. The number of anilines is 1. The fraction of sp³-hybridized carbons (Fsp3) is 0.741. The molecule has 746 valence electrons. The van der Waals surface area contributed by atoms with E-state index in [1.165, 1.54) is 0 Å². The highest BCUT2D eigenvalue weighted by Crippen LogP contribution is 2.41. The minimum Gasteiger partial charge on any atom is -0.492 e. The summed E-state index contributed by atoms with van der Waals surface area (Å²) in [5, 5.41) is 30.7. The maximum Gasteiger partial charge on any atom is 0.421 e. The zero-order chi connectivity index (χ0) is 93.9. The summed E-state index contributed by atoms with van der Waals surface area (Å²) in [4.78, 5) is 80.4. The van der Waals surface area contributed by atoms with E-state index in [-0.39, 0.29) is 84.5 Å². The van der Waals surface area contributed by atoms with E-state index in [1.54, 1.807) is 63.2 Å². The van der Waals surface area contributed by atoms with E-state index < -0.39 is 67.6 Å². The van der Waals surface area contributed by atoms with Gasteiger partial charge in [0.1, 0.15) is 11.6 Å². The number of halogens is 2. The second-order valence-corrected chi connectivity index (χ2v) is 31.3. The molecule has 45 heteroatoms. The maximum atomic E-state index is 14.1. The largest absolute Gasteiger partial charge is 0.492 e. The topological polar surface area (TPSA) is 490 Å². The van der Waals surface area contributed by atoms with Crippen LogP contribution in [0.5, 0.6) is 11.8 Å². The van der Waals surface area contributed by atoms with Crippen LogP contribution in [0.25, 0.3) is 0 Å². The molecule has 130 heavy (non-hydrogen) atoms. The van der Waals surface area contributed by atoms with Crippen molar-refractivity contribution in [3.63, 3.8) is 0 Å². The number of aromatic nitrogens is 1. The van der Waals surface area contributed by atoms with Gasteiger partial charge in [-0.1, -0.05) is 54.2 Å². The molecule has 7 N–H and O–H groups in total. The molecule has 0 spiro atoms. The first kappa shape index (κ1) is 116. The Balaban J connectivity index is 0.746. The molecule has 0 bridgehead atoms. The normalized spacial score (nSPS) is 13.0. The van der Waals surface area contributed by atoms with Crippen molar-refractivity contribution >= 4 is 74.6 Å². The number of ether oxygens (including phenoxy) is 25. The predicted molar refractivity (Wildman–Crippen MR) is 467 cm³/mol. The van der Waals surface area contributed by atoms with Crippen LogP contribution >= 0.6 is 23.2 Å². The fourth-order valence-corrected chi connectivity index (χ4v) is 12.5. The number of aromatic hydroxyl groups is 2. The van der Waals surface area contributed by atoms with E-state index in [0.717, 1.165) is 18.4 Å². The number of rotatable bonds is 87. The Morgan fingerprint density at radius 3 is 1.04 bits per heavy atom. The highest BCUT2D eigenvalue weighted by molar-refractivity contribution is 7.86. The van der Waals surface area contributed by atoms with E-state index >= 15 is 0 Å².